The first kappa shape index (κ1) is 25.8. The second-order valence-corrected chi connectivity index (χ2v) is 9.83. The number of fused-ring (bicyclic) bond motifs is 1. The fourth-order valence-electron chi connectivity index (χ4n) is 3.95. The van der Waals surface area contributed by atoms with Crippen molar-refractivity contribution in [2.75, 3.05) is 17.7 Å². The molecule has 36 heavy (non-hydrogen) atoms. The number of allylic oxidation sites excluding steroid dienone is 1. The number of hydrogen-bond donors (Lipinski definition) is 1. The van der Waals surface area contributed by atoms with E-state index in [1.54, 1.807) is 16.4 Å². The molecular weight excluding hydrogens is 472 g/mol. The summed E-state index contributed by atoms with van der Waals surface area (Å²) in [4.78, 5) is 18.1. The predicted octanol–water partition coefficient (Wildman–Crippen LogP) is 6.38. The summed E-state index contributed by atoms with van der Waals surface area (Å²) in [5, 5.41) is 8.75. The van der Waals surface area contributed by atoms with Crippen molar-refractivity contribution >= 4 is 23.7 Å². The van der Waals surface area contributed by atoms with Crippen LogP contribution in [0.4, 0.5) is 5.95 Å². The second kappa shape index (κ2) is 12.6. The lowest BCUT2D eigenvalue weighted by Crippen LogP contribution is -2.29. The van der Waals surface area contributed by atoms with Crippen molar-refractivity contribution in [3.63, 3.8) is 0 Å². The zero-order valence-corrected chi connectivity index (χ0v) is 22.0. The van der Waals surface area contributed by atoms with E-state index >= 15 is 0 Å². The standard InChI is InChI=1S/C28H34N4O3S/c1-4-6-17-34-23-15-13-22(14-16-23)25-24(26(33)35-19-21-11-9-8-10-12-21)20(3)29-27-30-28(31-32(25)27)36-18-7-5-2/h8-16,25H,4-7,17-19H2,1-3H3,(H,29,30,31). The molecule has 0 fully saturated rings. The van der Waals surface area contributed by atoms with Crippen LogP contribution >= 0.6 is 11.8 Å². The first-order valence-corrected chi connectivity index (χ1v) is 13.6. The van der Waals surface area contributed by atoms with Crippen LogP contribution in [-0.2, 0) is 16.1 Å². The Kier molecular flexibility index (Phi) is 9.06. The molecule has 3 aromatic rings. The lowest BCUT2D eigenvalue weighted by atomic mass is 9.95. The Labute approximate surface area is 217 Å². The van der Waals surface area contributed by atoms with E-state index in [1.807, 2.05) is 61.5 Å². The quantitative estimate of drug-likeness (QED) is 0.173. The number of aromatic nitrogens is 3. The number of carbonyl (C=O) groups excluding carboxylic acids is 1. The van der Waals surface area contributed by atoms with Crippen molar-refractivity contribution in [1.29, 1.82) is 0 Å². The number of rotatable bonds is 12. The highest BCUT2D eigenvalue weighted by atomic mass is 32.2. The smallest absolute Gasteiger partial charge is 0.338 e. The van der Waals surface area contributed by atoms with Gasteiger partial charge in [0.1, 0.15) is 18.4 Å². The van der Waals surface area contributed by atoms with E-state index in [9.17, 15) is 4.79 Å². The van der Waals surface area contributed by atoms with Gasteiger partial charge < -0.3 is 14.8 Å². The molecule has 0 saturated heterocycles. The molecule has 1 atom stereocenters. The molecule has 2 heterocycles. The number of thioether (sulfide) groups is 1. The van der Waals surface area contributed by atoms with Crippen molar-refractivity contribution in [2.24, 2.45) is 0 Å². The first-order valence-electron chi connectivity index (χ1n) is 12.6. The van der Waals surface area contributed by atoms with Gasteiger partial charge in [-0.15, -0.1) is 5.10 Å². The molecule has 1 aromatic heterocycles. The minimum Gasteiger partial charge on any atom is -0.494 e. The average Bonchev–Trinajstić information content (AvgIpc) is 3.30. The molecule has 8 heteroatoms. The maximum Gasteiger partial charge on any atom is 0.338 e. The zero-order valence-electron chi connectivity index (χ0n) is 21.2. The van der Waals surface area contributed by atoms with E-state index in [2.05, 4.69) is 19.2 Å². The van der Waals surface area contributed by atoms with Crippen LogP contribution in [0.25, 0.3) is 0 Å². The van der Waals surface area contributed by atoms with E-state index in [0.29, 0.717) is 29.0 Å². The molecule has 0 spiro atoms. The van der Waals surface area contributed by atoms with Gasteiger partial charge in [0.05, 0.1) is 12.2 Å². The van der Waals surface area contributed by atoms with Crippen LogP contribution in [0, 0.1) is 0 Å². The minimum absolute atomic E-state index is 0.204. The van der Waals surface area contributed by atoms with Gasteiger partial charge in [0.25, 0.3) is 0 Å². The van der Waals surface area contributed by atoms with Crippen LogP contribution in [0.2, 0.25) is 0 Å². The van der Waals surface area contributed by atoms with E-state index in [-0.39, 0.29) is 12.6 Å². The summed E-state index contributed by atoms with van der Waals surface area (Å²) in [6.45, 7) is 7.08. The van der Waals surface area contributed by atoms with Gasteiger partial charge in [-0.3, -0.25) is 0 Å². The third-order valence-corrected chi connectivity index (χ3v) is 6.88. The van der Waals surface area contributed by atoms with Crippen LogP contribution in [0.3, 0.4) is 0 Å². The number of carbonyl (C=O) groups is 1. The van der Waals surface area contributed by atoms with Gasteiger partial charge >= 0.3 is 5.97 Å². The fraction of sp³-hybridized carbons (Fsp3) is 0.393. The Bertz CT molecular complexity index is 1180. The molecule has 1 aliphatic heterocycles. The van der Waals surface area contributed by atoms with Crippen molar-refractivity contribution in [3.05, 3.63) is 77.0 Å². The fourth-order valence-corrected chi connectivity index (χ4v) is 4.87. The largest absolute Gasteiger partial charge is 0.494 e. The summed E-state index contributed by atoms with van der Waals surface area (Å²) in [5.41, 5.74) is 3.09. The monoisotopic (exact) mass is 506 g/mol. The van der Waals surface area contributed by atoms with Crippen molar-refractivity contribution < 1.29 is 14.3 Å². The molecule has 7 nitrogen and oxygen atoms in total. The number of nitrogens with one attached hydrogen (secondary N) is 1. The van der Waals surface area contributed by atoms with Gasteiger partial charge in [-0.25, -0.2) is 9.48 Å². The van der Waals surface area contributed by atoms with E-state index in [1.165, 1.54) is 0 Å². The number of ether oxygens (including phenoxy) is 2. The van der Waals surface area contributed by atoms with Crippen molar-refractivity contribution in [3.8, 4) is 5.75 Å². The Hall–Kier alpha value is -3.26. The van der Waals surface area contributed by atoms with Crippen LogP contribution in [-0.4, -0.2) is 33.1 Å². The van der Waals surface area contributed by atoms with E-state index < -0.39 is 6.04 Å². The summed E-state index contributed by atoms with van der Waals surface area (Å²) >= 11 is 1.63. The summed E-state index contributed by atoms with van der Waals surface area (Å²) in [7, 11) is 0. The van der Waals surface area contributed by atoms with Gasteiger partial charge in [-0.1, -0.05) is 80.9 Å². The summed E-state index contributed by atoms with van der Waals surface area (Å²) in [6, 6.07) is 17.1. The van der Waals surface area contributed by atoms with Crippen LogP contribution in [0.1, 0.15) is 63.6 Å². The Balaban J connectivity index is 1.62. The zero-order chi connectivity index (χ0) is 25.3. The van der Waals surface area contributed by atoms with Gasteiger partial charge in [0.15, 0.2) is 0 Å². The number of anilines is 1. The molecule has 1 unspecified atom stereocenters. The Morgan fingerprint density at radius 2 is 1.81 bits per heavy atom. The van der Waals surface area contributed by atoms with Gasteiger partial charge in [-0.05, 0) is 43.0 Å². The lowest BCUT2D eigenvalue weighted by molar-refractivity contribution is -0.140. The summed E-state index contributed by atoms with van der Waals surface area (Å²) < 4.78 is 13.4. The molecule has 0 bridgehead atoms. The van der Waals surface area contributed by atoms with E-state index in [4.69, 9.17) is 19.6 Å². The molecule has 4 rings (SSSR count). The molecule has 0 saturated carbocycles. The average molecular weight is 507 g/mol. The minimum atomic E-state index is -0.456. The highest BCUT2D eigenvalue weighted by Gasteiger charge is 2.35. The third kappa shape index (κ3) is 6.29. The maximum atomic E-state index is 13.4. The molecule has 2 aromatic carbocycles. The van der Waals surface area contributed by atoms with Gasteiger partial charge in [-0.2, -0.15) is 4.98 Å². The molecule has 1 aliphatic rings. The Morgan fingerprint density at radius 1 is 1.06 bits per heavy atom. The number of hydrogen-bond acceptors (Lipinski definition) is 7. The van der Waals surface area contributed by atoms with Crippen LogP contribution in [0.15, 0.2) is 71.0 Å². The van der Waals surface area contributed by atoms with Crippen LogP contribution < -0.4 is 10.1 Å². The number of esters is 1. The number of nitrogens with zero attached hydrogens (tertiary/aromatic N) is 3. The second-order valence-electron chi connectivity index (χ2n) is 8.76. The molecule has 1 N–H and O–H groups in total. The molecule has 0 aliphatic carbocycles. The molecule has 0 amide bonds. The summed E-state index contributed by atoms with van der Waals surface area (Å²) in [5.74, 6) is 2.01. The predicted molar refractivity (Wildman–Crippen MR) is 143 cm³/mol. The topological polar surface area (TPSA) is 78.3 Å². The maximum absolute atomic E-state index is 13.4. The first-order chi connectivity index (χ1) is 17.6. The molecule has 0 radical (unpaired) electrons. The lowest BCUT2D eigenvalue weighted by Gasteiger charge is -2.28. The SMILES string of the molecule is CCCCOc1ccc(C2C(C(=O)OCc3ccccc3)=C(C)Nc3nc(SCCCC)nn32)cc1. The molecule has 190 valence electrons. The third-order valence-electron chi connectivity index (χ3n) is 5.96. The van der Waals surface area contributed by atoms with Crippen molar-refractivity contribution in [1.82, 2.24) is 14.8 Å². The highest BCUT2D eigenvalue weighted by molar-refractivity contribution is 7.99. The number of benzene rings is 2. The van der Waals surface area contributed by atoms with Crippen molar-refractivity contribution in [2.45, 2.75) is 64.3 Å². The van der Waals surface area contributed by atoms with E-state index in [0.717, 1.165) is 48.3 Å². The van der Waals surface area contributed by atoms with Crippen LogP contribution in [0.5, 0.6) is 5.75 Å². The summed E-state index contributed by atoms with van der Waals surface area (Å²) in [6.07, 6.45) is 4.31. The highest BCUT2D eigenvalue weighted by Crippen LogP contribution is 2.37. The van der Waals surface area contributed by atoms with Gasteiger partial charge in [0.2, 0.25) is 11.1 Å². The molecular formula is C28H34N4O3S. The van der Waals surface area contributed by atoms with Gasteiger partial charge in [0, 0.05) is 11.4 Å². The normalized spacial score (nSPS) is 14.8. The Morgan fingerprint density at radius 3 is 2.53 bits per heavy atom. The number of unbranched alkanes of at least 4 members (excludes halogenated alkanes) is 2.